The van der Waals surface area contributed by atoms with Crippen molar-refractivity contribution in [3.05, 3.63) is 29.8 Å². The van der Waals surface area contributed by atoms with E-state index in [1.807, 2.05) is 6.92 Å². The molecule has 0 bridgehead atoms. The SMILES string of the molecule is CC(O)CN1CC(CCN)c2ccccc21. The second kappa shape index (κ2) is 4.85. The van der Waals surface area contributed by atoms with Crippen molar-refractivity contribution in [2.45, 2.75) is 25.4 Å². The van der Waals surface area contributed by atoms with Crippen LogP contribution in [0.1, 0.15) is 24.8 Å². The Morgan fingerprint density at radius 1 is 1.50 bits per heavy atom. The lowest BCUT2D eigenvalue weighted by atomic mass is 9.98. The molecule has 2 atom stereocenters. The number of nitrogens with two attached hydrogens (primary N) is 1. The summed E-state index contributed by atoms with van der Waals surface area (Å²) in [5, 5.41) is 9.49. The number of β-amino-alcohol motifs (C(OH)–C–C–N with tert-alkyl or cyclic N) is 1. The lowest BCUT2D eigenvalue weighted by molar-refractivity contribution is 0.200. The van der Waals surface area contributed by atoms with Gasteiger partial charge in [-0.05, 0) is 31.5 Å². The first-order chi connectivity index (χ1) is 7.72. The number of rotatable bonds is 4. The Morgan fingerprint density at radius 2 is 2.25 bits per heavy atom. The Hall–Kier alpha value is -1.06. The van der Waals surface area contributed by atoms with E-state index >= 15 is 0 Å². The van der Waals surface area contributed by atoms with E-state index < -0.39 is 0 Å². The van der Waals surface area contributed by atoms with Crippen molar-refractivity contribution in [1.29, 1.82) is 0 Å². The number of anilines is 1. The predicted octanol–water partition coefficient (Wildman–Crippen LogP) is 1.32. The van der Waals surface area contributed by atoms with Crippen molar-refractivity contribution in [3.63, 3.8) is 0 Å². The van der Waals surface area contributed by atoms with Gasteiger partial charge in [0.2, 0.25) is 0 Å². The minimum atomic E-state index is -0.287. The lowest BCUT2D eigenvalue weighted by Gasteiger charge is -2.21. The van der Waals surface area contributed by atoms with Gasteiger partial charge in [-0.1, -0.05) is 18.2 Å². The van der Waals surface area contributed by atoms with E-state index in [1.54, 1.807) is 0 Å². The van der Waals surface area contributed by atoms with E-state index in [0.29, 0.717) is 12.5 Å². The molecular formula is C13H20N2O. The highest BCUT2D eigenvalue weighted by atomic mass is 16.3. The first kappa shape index (κ1) is 11.4. The molecule has 3 heteroatoms. The summed E-state index contributed by atoms with van der Waals surface area (Å²) in [5.74, 6) is 0.528. The Balaban J connectivity index is 2.21. The zero-order valence-corrected chi connectivity index (χ0v) is 9.76. The molecule has 0 saturated heterocycles. The number of para-hydroxylation sites is 1. The maximum Gasteiger partial charge on any atom is 0.0687 e. The van der Waals surface area contributed by atoms with Gasteiger partial charge in [-0.25, -0.2) is 0 Å². The first-order valence-electron chi connectivity index (χ1n) is 5.94. The van der Waals surface area contributed by atoms with Gasteiger partial charge < -0.3 is 15.7 Å². The summed E-state index contributed by atoms with van der Waals surface area (Å²) in [6.07, 6.45) is 0.734. The molecule has 1 aliphatic rings. The fourth-order valence-corrected chi connectivity index (χ4v) is 2.52. The monoisotopic (exact) mass is 220 g/mol. The molecule has 0 saturated carbocycles. The van der Waals surface area contributed by atoms with E-state index in [9.17, 15) is 5.11 Å². The molecular weight excluding hydrogens is 200 g/mol. The first-order valence-corrected chi connectivity index (χ1v) is 5.94. The summed E-state index contributed by atoms with van der Waals surface area (Å²) >= 11 is 0. The van der Waals surface area contributed by atoms with E-state index in [-0.39, 0.29) is 6.10 Å². The van der Waals surface area contributed by atoms with Crippen LogP contribution in [0, 0.1) is 0 Å². The average Bonchev–Trinajstić information content (AvgIpc) is 2.58. The van der Waals surface area contributed by atoms with Gasteiger partial charge in [0.25, 0.3) is 0 Å². The molecule has 1 aromatic rings. The van der Waals surface area contributed by atoms with Crippen LogP contribution in [0.2, 0.25) is 0 Å². The maximum absolute atomic E-state index is 9.49. The van der Waals surface area contributed by atoms with E-state index in [2.05, 4.69) is 29.2 Å². The summed E-state index contributed by atoms with van der Waals surface area (Å²) in [6.45, 7) is 4.25. The number of fused-ring (bicyclic) bond motifs is 1. The minimum Gasteiger partial charge on any atom is -0.392 e. The van der Waals surface area contributed by atoms with E-state index in [4.69, 9.17) is 5.73 Å². The highest BCUT2D eigenvalue weighted by Gasteiger charge is 2.27. The third kappa shape index (κ3) is 2.20. The zero-order chi connectivity index (χ0) is 11.5. The van der Waals surface area contributed by atoms with Crippen molar-refractivity contribution in [2.75, 3.05) is 24.5 Å². The lowest BCUT2D eigenvalue weighted by Crippen LogP contribution is -2.30. The molecule has 0 spiro atoms. The molecule has 0 fully saturated rings. The number of aliphatic hydroxyl groups is 1. The summed E-state index contributed by atoms with van der Waals surface area (Å²) in [7, 11) is 0. The molecule has 16 heavy (non-hydrogen) atoms. The largest absolute Gasteiger partial charge is 0.392 e. The number of hydrogen-bond acceptors (Lipinski definition) is 3. The van der Waals surface area contributed by atoms with Crippen LogP contribution in [0.3, 0.4) is 0 Å². The second-order valence-corrected chi connectivity index (χ2v) is 4.59. The summed E-state index contributed by atoms with van der Waals surface area (Å²) < 4.78 is 0. The van der Waals surface area contributed by atoms with Gasteiger partial charge in [0, 0.05) is 24.7 Å². The molecule has 88 valence electrons. The quantitative estimate of drug-likeness (QED) is 0.804. The van der Waals surface area contributed by atoms with Crippen molar-refractivity contribution in [3.8, 4) is 0 Å². The molecule has 1 aliphatic heterocycles. The number of aliphatic hydroxyl groups excluding tert-OH is 1. The van der Waals surface area contributed by atoms with Crippen LogP contribution in [0.4, 0.5) is 5.69 Å². The van der Waals surface area contributed by atoms with Crippen LogP contribution in [0.15, 0.2) is 24.3 Å². The third-order valence-corrected chi connectivity index (χ3v) is 3.16. The number of nitrogens with zero attached hydrogens (tertiary/aromatic N) is 1. The summed E-state index contributed by atoms with van der Waals surface area (Å²) in [5.41, 5.74) is 8.29. The maximum atomic E-state index is 9.49. The average molecular weight is 220 g/mol. The van der Waals surface area contributed by atoms with Gasteiger partial charge in [0.15, 0.2) is 0 Å². The molecule has 0 aromatic heterocycles. The van der Waals surface area contributed by atoms with E-state index in [1.165, 1.54) is 11.3 Å². The van der Waals surface area contributed by atoms with Crippen molar-refractivity contribution in [2.24, 2.45) is 5.73 Å². The van der Waals surface area contributed by atoms with Crippen LogP contribution in [0.25, 0.3) is 0 Å². The van der Waals surface area contributed by atoms with Gasteiger partial charge in [0.05, 0.1) is 6.10 Å². The van der Waals surface area contributed by atoms with Crippen molar-refractivity contribution >= 4 is 5.69 Å². The van der Waals surface area contributed by atoms with Crippen LogP contribution in [-0.4, -0.2) is 30.8 Å². The molecule has 3 nitrogen and oxygen atoms in total. The molecule has 0 aliphatic carbocycles. The van der Waals surface area contributed by atoms with Gasteiger partial charge >= 0.3 is 0 Å². The minimum absolute atomic E-state index is 0.287. The van der Waals surface area contributed by atoms with Crippen LogP contribution >= 0.6 is 0 Å². The topological polar surface area (TPSA) is 49.5 Å². The van der Waals surface area contributed by atoms with Crippen LogP contribution < -0.4 is 10.6 Å². The van der Waals surface area contributed by atoms with Crippen LogP contribution in [0.5, 0.6) is 0 Å². The van der Waals surface area contributed by atoms with Gasteiger partial charge in [0.1, 0.15) is 0 Å². The summed E-state index contributed by atoms with van der Waals surface area (Å²) in [6, 6.07) is 8.44. The fraction of sp³-hybridized carbons (Fsp3) is 0.538. The highest BCUT2D eigenvalue weighted by Crippen LogP contribution is 2.37. The molecule has 1 heterocycles. The molecule has 0 radical (unpaired) electrons. The molecule has 2 unspecified atom stereocenters. The highest BCUT2D eigenvalue weighted by molar-refractivity contribution is 5.60. The molecule has 3 N–H and O–H groups in total. The number of hydrogen-bond donors (Lipinski definition) is 2. The second-order valence-electron chi connectivity index (χ2n) is 4.59. The van der Waals surface area contributed by atoms with Crippen LogP contribution in [-0.2, 0) is 0 Å². The van der Waals surface area contributed by atoms with Gasteiger partial charge in [-0.2, -0.15) is 0 Å². The normalized spacial score (nSPS) is 20.9. The fourth-order valence-electron chi connectivity index (χ4n) is 2.52. The molecule has 0 amide bonds. The molecule has 2 rings (SSSR count). The van der Waals surface area contributed by atoms with Gasteiger partial charge in [-0.3, -0.25) is 0 Å². The van der Waals surface area contributed by atoms with Crippen molar-refractivity contribution < 1.29 is 5.11 Å². The number of benzene rings is 1. The predicted molar refractivity (Wildman–Crippen MR) is 66.7 cm³/mol. The Morgan fingerprint density at radius 3 is 2.94 bits per heavy atom. The smallest absolute Gasteiger partial charge is 0.0687 e. The standard InChI is InChI=1S/C13H20N2O/c1-10(16)8-15-9-11(6-7-14)12-4-2-3-5-13(12)15/h2-5,10-11,16H,6-9,14H2,1H3. The zero-order valence-electron chi connectivity index (χ0n) is 9.76. The van der Waals surface area contributed by atoms with Crippen molar-refractivity contribution in [1.82, 2.24) is 0 Å². The Kier molecular flexibility index (Phi) is 3.46. The van der Waals surface area contributed by atoms with E-state index in [0.717, 1.165) is 19.5 Å². The Labute approximate surface area is 96.9 Å². The molecule has 1 aromatic carbocycles. The Bertz CT molecular complexity index is 352. The van der Waals surface area contributed by atoms with Gasteiger partial charge in [-0.15, -0.1) is 0 Å². The third-order valence-electron chi connectivity index (χ3n) is 3.16. The summed E-state index contributed by atoms with van der Waals surface area (Å²) in [4.78, 5) is 2.26.